The van der Waals surface area contributed by atoms with E-state index >= 15 is 0 Å². The second kappa shape index (κ2) is 6.85. The molecular weight excluding hydrogens is 256 g/mol. The number of aryl methyl sites for hydroxylation is 1. The van der Waals surface area contributed by atoms with Gasteiger partial charge in [-0.3, -0.25) is 4.79 Å². The summed E-state index contributed by atoms with van der Waals surface area (Å²) >= 11 is 0. The van der Waals surface area contributed by atoms with Crippen LogP contribution in [-0.4, -0.2) is 65.1 Å². The number of ether oxygens (including phenoxy) is 1. The summed E-state index contributed by atoms with van der Waals surface area (Å²) in [5.41, 5.74) is 0. The second-order valence-electron chi connectivity index (χ2n) is 5.47. The molecule has 0 atom stereocenters. The van der Waals surface area contributed by atoms with E-state index in [2.05, 4.69) is 16.9 Å². The van der Waals surface area contributed by atoms with Crippen LogP contribution in [-0.2, 0) is 23.2 Å². The first-order valence-corrected chi connectivity index (χ1v) is 7.06. The van der Waals surface area contributed by atoms with Gasteiger partial charge in [-0.15, -0.1) is 0 Å². The Hall–Kier alpha value is -1.40. The Kier molecular flexibility index (Phi) is 5.14. The van der Waals surface area contributed by atoms with Crippen LogP contribution in [0.1, 0.15) is 18.7 Å². The monoisotopic (exact) mass is 280 g/mol. The molecule has 1 aliphatic carbocycles. The first kappa shape index (κ1) is 15.0. The third kappa shape index (κ3) is 4.31. The molecule has 1 amide bonds. The maximum absolute atomic E-state index is 11.9. The Morgan fingerprint density at radius 1 is 1.45 bits per heavy atom. The van der Waals surface area contributed by atoms with E-state index < -0.39 is 0 Å². The van der Waals surface area contributed by atoms with Crippen LogP contribution >= 0.6 is 0 Å². The Balaban J connectivity index is 1.62. The predicted octanol–water partition coefficient (Wildman–Crippen LogP) is 0.489. The molecule has 0 radical (unpaired) electrons. The van der Waals surface area contributed by atoms with Crippen LogP contribution < -0.4 is 0 Å². The Morgan fingerprint density at radius 2 is 2.20 bits per heavy atom. The first-order valence-electron chi connectivity index (χ1n) is 7.06. The molecule has 1 fully saturated rings. The fourth-order valence-corrected chi connectivity index (χ4v) is 2.01. The van der Waals surface area contributed by atoms with Gasteiger partial charge in [0.1, 0.15) is 19.0 Å². The van der Waals surface area contributed by atoms with Crippen molar-refractivity contribution in [2.75, 3.05) is 33.8 Å². The molecule has 6 nitrogen and oxygen atoms in total. The quantitative estimate of drug-likeness (QED) is 0.695. The van der Waals surface area contributed by atoms with Crippen LogP contribution in [0, 0.1) is 0 Å². The highest BCUT2D eigenvalue weighted by Gasteiger charge is 2.26. The topological polar surface area (TPSA) is 50.6 Å². The molecule has 2 rings (SSSR count). The molecule has 6 heteroatoms. The van der Waals surface area contributed by atoms with E-state index in [9.17, 15) is 4.79 Å². The Bertz CT molecular complexity index is 442. The summed E-state index contributed by atoms with van der Waals surface area (Å²) < 4.78 is 7.31. The lowest BCUT2D eigenvalue weighted by molar-refractivity contribution is -0.135. The third-order valence-electron chi connectivity index (χ3n) is 3.76. The van der Waals surface area contributed by atoms with Crippen LogP contribution in [0.25, 0.3) is 0 Å². The number of hydrogen-bond donors (Lipinski definition) is 0. The highest BCUT2D eigenvalue weighted by atomic mass is 16.5. The van der Waals surface area contributed by atoms with Crippen molar-refractivity contribution >= 4 is 5.91 Å². The largest absolute Gasteiger partial charge is 0.364 e. The first-order chi connectivity index (χ1) is 9.58. The Labute approximate surface area is 120 Å². The lowest BCUT2D eigenvalue weighted by Gasteiger charge is -2.21. The molecule has 1 aromatic heterocycles. The molecule has 1 saturated carbocycles. The summed E-state index contributed by atoms with van der Waals surface area (Å²) in [5.74, 6) is 0.845. The number of rotatable bonds is 8. The molecule has 1 aliphatic rings. The predicted molar refractivity (Wildman–Crippen MR) is 76.2 cm³/mol. The molecule has 1 aromatic rings. The van der Waals surface area contributed by atoms with Crippen molar-refractivity contribution in [3.8, 4) is 0 Å². The van der Waals surface area contributed by atoms with E-state index in [1.807, 2.05) is 24.9 Å². The van der Waals surface area contributed by atoms with E-state index in [0.29, 0.717) is 6.61 Å². The average Bonchev–Trinajstić information content (AvgIpc) is 3.20. The minimum absolute atomic E-state index is 0.0170. The molecule has 0 N–H and O–H groups in total. The van der Waals surface area contributed by atoms with Crippen molar-refractivity contribution in [1.29, 1.82) is 0 Å². The number of aromatic nitrogens is 2. The molecular formula is C14H24N4O2. The van der Waals surface area contributed by atoms with Crippen molar-refractivity contribution in [3.63, 3.8) is 0 Å². The van der Waals surface area contributed by atoms with Crippen LogP contribution in [0.2, 0.25) is 0 Å². The average molecular weight is 280 g/mol. The SMILES string of the molecule is CN(CCN(C)C1CC1)C(=O)COCc1nccn1C. The molecule has 112 valence electrons. The zero-order chi connectivity index (χ0) is 14.5. The molecule has 0 aliphatic heterocycles. The number of nitrogens with zero attached hydrogens (tertiary/aromatic N) is 4. The van der Waals surface area contributed by atoms with Crippen LogP contribution in [0.15, 0.2) is 12.4 Å². The number of likely N-dealkylation sites (N-methyl/N-ethyl adjacent to an activating group) is 2. The van der Waals surface area contributed by atoms with Gasteiger partial charge in [0, 0.05) is 45.6 Å². The standard InChI is InChI=1S/C14H24N4O2/c1-16(12-4-5-12)8-9-18(3)14(19)11-20-10-13-15-6-7-17(13)2/h6-7,12H,4-5,8-11H2,1-3H3. The van der Waals surface area contributed by atoms with Crippen molar-refractivity contribution in [3.05, 3.63) is 18.2 Å². The van der Waals surface area contributed by atoms with E-state index in [1.165, 1.54) is 12.8 Å². The number of imidazole rings is 1. The number of amides is 1. The highest BCUT2D eigenvalue weighted by molar-refractivity contribution is 5.77. The van der Waals surface area contributed by atoms with Crippen molar-refractivity contribution in [2.24, 2.45) is 7.05 Å². The molecule has 20 heavy (non-hydrogen) atoms. The van der Waals surface area contributed by atoms with Gasteiger partial charge in [-0.05, 0) is 19.9 Å². The van der Waals surface area contributed by atoms with E-state index in [4.69, 9.17) is 4.74 Å². The minimum Gasteiger partial charge on any atom is -0.364 e. The third-order valence-corrected chi connectivity index (χ3v) is 3.76. The molecule has 0 spiro atoms. The zero-order valence-corrected chi connectivity index (χ0v) is 12.6. The van der Waals surface area contributed by atoms with Gasteiger partial charge in [-0.25, -0.2) is 4.98 Å². The zero-order valence-electron chi connectivity index (χ0n) is 12.6. The molecule has 0 bridgehead atoms. The van der Waals surface area contributed by atoms with Gasteiger partial charge in [0.2, 0.25) is 5.91 Å². The summed E-state index contributed by atoms with van der Waals surface area (Å²) in [4.78, 5) is 20.1. The maximum Gasteiger partial charge on any atom is 0.248 e. The van der Waals surface area contributed by atoms with Crippen molar-refractivity contribution < 1.29 is 9.53 Å². The van der Waals surface area contributed by atoms with Crippen LogP contribution in [0.3, 0.4) is 0 Å². The number of hydrogen-bond acceptors (Lipinski definition) is 4. The lowest BCUT2D eigenvalue weighted by atomic mass is 10.4. The molecule has 0 aromatic carbocycles. The van der Waals surface area contributed by atoms with Gasteiger partial charge < -0.3 is 19.1 Å². The second-order valence-corrected chi connectivity index (χ2v) is 5.47. The maximum atomic E-state index is 11.9. The molecule has 0 unspecified atom stereocenters. The Morgan fingerprint density at radius 3 is 2.80 bits per heavy atom. The van der Waals surface area contributed by atoms with Crippen molar-refractivity contribution in [2.45, 2.75) is 25.5 Å². The normalized spacial score (nSPS) is 14.8. The van der Waals surface area contributed by atoms with Gasteiger partial charge in [-0.1, -0.05) is 0 Å². The van der Waals surface area contributed by atoms with Gasteiger partial charge in [0.15, 0.2) is 0 Å². The fourth-order valence-electron chi connectivity index (χ4n) is 2.01. The minimum atomic E-state index is 0.0170. The summed E-state index contributed by atoms with van der Waals surface area (Å²) in [6.07, 6.45) is 6.17. The summed E-state index contributed by atoms with van der Waals surface area (Å²) in [5, 5.41) is 0. The number of carbonyl (C=O) groups is 1. The van der Waals surface area contributed by atoms with Gasteiger partial charge in [-0.2, -0.15) is 0 Å². The molecule has 0 saturated heterocycles. The lowest BCUT2D eigenvalue weighted by Crippen LogP contribution is -2.37. The fraction of sp³-hybridized carbons (Fsp3) is 0.714. The summed E-state index contributed by atoms with van der Waals surface area (Å²) in [7, 11) is 5.86. The summed E-state index contributed by atoms with van der Waals surface area (Å²) in [6.45, 7) is 2.14. The van der Waals surface area contributed by atoms with Crippen LogP contribution in [0.4, 0.5) is 0 Å². The molecule has 1 heterocycles. The van der Waals surface area contributed by atoms with E-state index in [1.54, 1.807) is 11.1 Å². The number of carbonyl (C=O) groups excluding carboxylic acids is 1. The van der Waals surface area contributed by atoms with Crippen LogP contribution in [0.5, 0.6) is 0 Å². The van der Waals surface area contributed by atoms with Gasteiger partial charge >= 0.3 is 0 Å². The van der Waals surface area contributed by atoms with Gasteiger partial charge in [0.05, 0.1) is 0 Å². The highest BCUT2D eigenvalue weighted by Crippen LogP contribution is 2.24. The smallest absolute Gasteiger partial charge is 0.248 e. The van der Waals surface area contributed by atoms with Gasteiger partial charge in [0.25, 0.3) is 0 Å². The van der Waals surface area contributed by atoms with E-state index in [-0.39, 0.29) is 12.5 Å². The summed E-state index contributed by atoms with van der Waals surface area (Å²) in [6, 6.07) is 0.734. The van der Waals surface area contributed by atoms with Crippen molar-refractivity contribution in [1.82, 2.24) is 19.4 Å². The van der Waals surface area contributed by atoms with E-state index in [0.717, 1.165) is 25.0 Å².